The molecule has 1 amide bonds. The van der Waals surface area contributed by atoms with Gasteiger partial charge in [0.25, 0.3) is 5.91 Å². The van der Waals surface area contributed by atoms with E-state index in [2.05, 4.69) is 12.2 Å². The van der Waals surface area contributed by atoms with Crippen LogP contribution in [0.2, 0.25) is 0 Å². The third kappa shape index (κ3) is 4.71. The van der Waals surface area contributed by atoms with E-state index in [1.165, 1.54) is 0 Å². The van der Waals surface area contributed by atoms with Crippen LogP contribution in [0.25, 0.3) is 0 Å². The molecule has 148 valence electrons. The van der Waals surface area contributed by atoms with E-state index < -0.39 is 12.1 Å². The highest BCUT2D eigenvalue weighted by atomic mass is 16.5. The monoisotopic (exact) mass is 380 g/mol. The van der Waals surface area contributed by atoms with Gasteiger partial charge >= 0.3 is 5.97 Å². The van der Waals surface area contributed by atoms with E-state index in [1.807, 2.05) is 47.4 Å². The fourth-order valence-corrected chi connectivity index (χ4v) is 3.67. The Morgan fingerprint density at radius 1 is 1.11 bits per heavy atom. The highest BCUT2D eigenvalue weighted by Crippen LogP contribution is 2.24. The second-order valence-electron chi connectivity index (χ2n) is 7.17. The number of hydrogen-bond donors (Lipinski definition) is 1. The van der Waals surface area contributed by atoms with Crippen molar-refractivity contribution >= 4 is 23.3 Å². The fourth-order valence-electron chi connectivity index (χ4n) is 3.67. The number of carbonyl (C=O) groups is 2. The molecule has 0 aromatic heterocycles. The van der Waals surface area contributed by atoms with Gasteiger partial charge in [-0.3, -0.25) is 4.79 Å². The molecule has 1 aliphatic heterocycles. The van der Waals surface area contributed by atoms with Gasteiger partial charge in [0.05, 0.1) is 11.3 Å². The van der Waals surface area contributed by atoms with Crippen LogP contribution in [0.3, 0.4) is 0 Å². The summed E-state index contributed by atoms with van der Waals surface area (Å²) in [7, 11) is 0. The number of ether oxygens (including phenoxy) is 1. The van der Waals surface area contributed by atoms with Gasteiger partial charge in [-0.05, 0) is 56.9 Å². The molecule has 0 aliphatic carbocycles. The zero-order valence-electron chi connectivity index (χ0n) is 16.6. The number of para-hydroxylation sites is 2. The maximum absolute atomic E-state index is 12.8. The molecule has 28 heavy (non-hydrogen) atoms. The summed E-state index contributed by atoms with van der Waals surface area (Å²) in [5, 5.41) is 3.24. The van der Waals surface area contributed by atoms with Gasteiger partial charge in [0, 0.05) is 18.3 Å². The molecule has 2 atom stereocenters. The summed E-state index contributed by atoms with van der Waals surface area (Å²) < 4.78 is 5.55. The first-order valence-corrected chi connectivity index (χ1v) is 10.0. The summed E-state index contributed by atoms with van der Waals surface area (Å²) in [4.78, 5) is 27.5. The molecule has 1 aliphatic rings. The van der Waals surface area contributed by atoms with Crippen molar-refractivity contribution in [2.24, 2.45) is 0 Å². The largest absolute Gasteiger partial charge is 0.449 e. The zero-order chi connectivity index (χ0) is 19.9. The standard InChI is InChI=1S/C23H28N2O3/c1-3-19-13-9-10-16-25(19)22(26)17(2)28-23(27)20-14-7-8-15-21(20)24-18-11-5-4-6-12-18/h4-8,11-12,14-15,17,19,24H,3,9-10,13,16H2,1-2H3/t17-,19-/m1/s1. The topological polar surface area (TPSA) is 58.6 Å². The predicted octanol–water partition coefficient (Wildman–Crippen LogP) is 4.77. The summed E-state index contributed by atoms with van der Waals surface area (Å²) in [5.41, 5.74) is 1.95. The molecular formula is C23H28N2O3. The molecule has 1 heterocycles. The van der Waals surface area contributed by atoms with E-state index in [9.17, 15) is 9.59 Å². The Bertz CT molecular complexity index is 807. The van der Waals surface area contributed by atoms with Crippen LogP contribution in [-0.2, 0) is 9.53 Å². The van der Waals surface area contributed by atoms with Gasteiger partial charge in [-0.2, -0.15) is 0 Å². The third-order valence-corrected chi connectivity index (χ3v) is 5.21. The second kappa shape index (κ2) is 9.40. The lowest BCUT2D eigenvalue weighted by molar-refractivity contribution is -0.143. The van der Waals surface area contributed by atoms with E-state index in [-0.39, 0.29) is 11.9 Å². The first kappa shape index (κ1) is 19.9. The van der Waals surface area contributed by atoms with Gasteiger partial charge in [0.1, 0.15) is 0 Å². The molecule has 0 saturated carbocycles. The number of esters is 1. The van der Waals surface area contributed by atoms with Crippen LogP contribution in [0.4, 0.5) is 11.4 Å². The molecule has 1 fully saturated rings. The van der Waals surface area contributed by atoms with Gasteiger partial charge in [0.2, 0.25) is 0 Å². The summed E-state index contributed by atoms with van der Waals surface area (Å²) in [6.07, 6.45) is 3.30. The minimum atomic E-state index is -0.801. The Kier molecular flexibility index (Phi) is 6.69. The fraction of sp³-hybridized carbons (Fsp3) is 0.391. The third-order valence-electron chi connectivity index (χ3n) is 5.21. The smallest absolute Gasteiger partial charge is 0.341 e. The van der Waals surface area contributed by atoms with E-state index in [0.29, 0.717) is 11.3 Å². The number of rotatable bonds is 6. The summed E-state index contributed by atoms with van der Waals surface area (Å²) in [6.45, 7) is 4.50. The quantitative estimate of drug-likeness (QED) is 0.734. The van der Waals surface area contributed by atoms with Gasteiger partial charge < -0.3 is 15.0 Å². The van der Waals surface area contributed by atoms with Crippen LogP contribution in [-0.4, -0.2) is 35.5 Å². The van der Waals surface area contributed by atoms with Crippen molar-refractivity contribution in [3.8, 4) is 0 Å². The SMILES string of the molecule is CC[C@@H]1CCCCN1C(=O)[C@@H](C)OC(=O)c1ccccc1Nc1ccccc1. The van der Waals surface area contributed by atoms with Crippen LogP contribution >= 0.6 is 0 Å². The lowest BCUT2D eigenvalue weighted by Crippen LogP contribution is -2.48. The first-order valence-electron chi connectivity index (χ1n) is 10.0. The highest BCUT2D eigenvalue weighted by Gasteiger charge is 2.30. The van der Waals surface area contributed by atoms with E-state index in [1.54, 1.807) is 19.1 Å². The van der Waals surface area contributed by atoms with Crippen LogP contribution in [0.5, 0.6) is 0 Å². The first-order chi connectivity index (χ1) is 13.6. The van der Waals surface area contributed by atoms with Crippen LogP contribution in [0.1, 0.15) is 49.9 Å². The van der Waals surface area contributed by atoms with Crippen molar-refractivity contribution < 1.29 is 14.3 Å². The highest BCUT2D eigenvalue weighted by molar-refractivity contribution is 5.98. The van der Waals surface area contributed by atoms with Crippen molar-refractivity contribution in [1.29, 1.82) is 0 Å². The summed E-state index contributed by atoms with van der Waals surface area (Å²) >= 11 is 0. The number of amides is 1. The number of nitrogens with one attached hydrogen (secondary N) is 1. The predicted molar refractivity (Wildman–Crippen MR) is 111 cm³/mol. The lowest BCUT2D eigenvalue weighted by Gasteiger charge is -2.36. The summed E-state index contributed by atoms with van der Waals surface area (Å²) in [6, 6.07) is 17.1. The van der Waals surface area contributed by atoms with Crippen LogP contribution in [0.15, 0.2) is 54.6 Å². The molecule has 1 saturated heterocycles. The molecule has 2 aromatic rings. The van der Waals surface area contributed by atoms with E-state index in [4.69, 9.17) is 4.74 Å². The van der Waals surface area contributed by atoms with E-state index in [0.717, 1.165) is 37.9 Å². The maximum atomic E-state index is 12.8. The minimum Gasteiger partial charge on any atom is -0.449 e. The van der Waals surface area contributed by atoms with Crippen LogP contribution in [0, 0.1) is 0 Å². The average Bonchev–Trinajstić information content (AvgIpc) is 2.74. The maximum Gasteiger partial charge on any atom is 0.341 e. The molecular weight excluding hydrogens is 352 g/mol. The number of anilines is 2. The average molecular weight is 380 g/mol. The molecule has 1 N–H and O–H groups in total. The van der Waals surface area contributed by atoms with Gasteiger partial charge in [-0.25, -0.2) is 4.79 Å². The molecule has 3 rings (SSSR count). The van der Waals surface area contributed by atoms with Gasteiger partial charge in [-0.15, -0.1) is 0 Å². The van der Waals surface area contributed by atoms with Crippen molar-refractivity contribution in [2.45, 2.75) is 51.7 Å². The molecule has 2 aromatic carbocycles. The van der Waals surface area contributed by atoms with Crippen molar-refractivity contribution in [2.75, 3.05) is 11.9 Å². The Morgan fingerprint density at radius 2 is 1.82 bits per heavy atom. The minimum absolute atomic E-state index is 0.103. The van der Waals surface area contributed by atoms with Crippen molar-refractivity contribution in [3.63, 3.8) is 0 Å². The number of benzene rings is 2. The van der Waals surface area contributed by atoms with Crippen molar-refractivity contribution in [3.05, 3.63) is 60.2 Å². The lowest BCUT2D eigenvalue weighted by atomic mass is 9.99. The van der Waals surface area contributed by atoms with E-state index >= 15 is 0 Å². The number of carbonyl (C=O) groups excluding carboxylic acids is 2. The normalized spacial score (nSPS) is 17.6. The Labute approximate surface area is 166 Å². The number of nitrogens with zero attached hydrogens (tertiary/aromatic N) is 1. The zero-order valence-corrected chi connectivity index (χ0v) is 16.6. The molecule has 5 heteroatoms. The molecule has 0 radical (unpaired) electrons. The van der Waals surface area contributed by atoms with Crippen molar-refractivity contribution in [1.82, 2.24) is 4.90 Å². The molecule has 0 spiro atoms. The second-order valence-corrected chi connectivity index (χ2v) is 7.17. The van der Waals surface area contributed by atoms with Gasteiger partial charge in [0.15, 0.2) is 6.10 Å². The molecule has 5 nitrogen and oxygen atoms in total. The number of hydrogen-bond acceptors (Lipinski definition) is 4. The Hall–Kier alpha value is -2.82. The summed E-state index contributed by atoms with van der Waals surface area (Å²) in [5.74, 6) is -0.599. The van der Waals surface area contributed by atoms with Gasteiger partial charge in [-0.1, -0.05) is 37.3 Å². The Balaban J connectivity index is 1.69. The van der Waals surface area contributed by atoms with Crippen LogP contribution < -0.4 is 5.32 Å². The number of piperidine rings is 1. The Morgan fingerprint density at radius 3 is 2.57 bits per heavy atom. The number of likely N-dealkylation sites (tertiary alicyclic amines) is 1. The molecule has 0 bridgehead atoms. The molecule has 0 unspecified atom stereocenters.